The number of aryl methyl sites for hydroxylation is 1. The summed E-state index contributed by atoms with van der Waals surface area (Å²) in [6.45, 7) is 7.83. The van der Waals surface area contributed by atoms with Crippen molar-refractivity contribution in [2.75, 3.05) is 25.0 Å². The number of benzene rings is 2. The fourth-order valence-electron chi connectivity index (χ4n) is 4.15. The number of amides is 2. The molecular weight excluding hydrogens is 432 g/mol. The van der Waals surface area contributed by atoms with Gasteiger partial charge in [-0.05, 0) is 62.0 Å². The zero-order valence-electron chi connectivity index (χ0n) is 19.4. The zero-order chi connectivity index (χ0) is 23.2. The minimum Gasteiger partial charge on any atom is -0.356 e. The molecule has 1 saturated heterocycles. The van der Waals surface area contributed by atoms with Gasteiger partial charge in [-0.2, -0.15) is 0 Å². The lowest BCUT2D eigenvalue weighted by Crippen LogP contribution is -2.38. The van der Waals surface area contributed by atoms with E-state index >= 15 is 0 Å². The van der Waals surface area contributed by atoms with Crippen molar-refractivity contribution in [3.05, 3.63) is 59.2 Å². The number of piperidine rings is 1. The molecule has 1 aromatic heterocycles. The minimum atomic E-state index is -0.0466. The number of anilines is 1. The van der Waals surface area contributed by atoms with Crippen LogP contribution >= 0.6 is 11.3 Å². The second kappa shape index (κ2) is 10.9. The smallest absolute Gasteiger partial charge is 0.225 e. The van der Waals surface area contributed by atoms with Gasteiger partial charge in [0.25, 0.3) is 0 Å². The fourth-order valence-corrected chi connectivity index (χ4v) is 5.09. The van der Waals surface area contributed by atoms with Crippen molar-refractivity contribution in [1.82, 2.24) is 15.2 Å². The van der Waals surface area contributed by atoms with Gasteiger partial charge >= 0.3 is 0 Å². The second-order valence-corrected chi connectivity index (χ2v) is 9.94. The SMILES string of the molecule is CCC(=O)Nc1nc2ccc(CC(=O)NCC3CCN(Cc4ccc(C)cc4)CC3)cc2s1. The Bertz CT molecular complexity index is 1100. The third-order valence-electron chi connectivity index (χ3n) is 6.21. The lowest BCUT2D eigenvalue weighted by Gasteiger charge is -2.32. The van der Waals surface area contributed by atoms with E-state index in [4.69, 9.17) is 0 Å². The van der Waals surface area contributed by atoms with Crippen molar-refractivity contribution in [3.63, 3.8) is 0 Å². The molecule has 1 aliphatic rings. The molecule has 1 fully saturated rings. The number of rotatable bonds is 8. The molecule has 1 aliphatic heterocycles. The average molecular weight is 465 g/mol. The van der Waals surface area contributed by atoms with E-state index in [0.717, 1.165) is 54.8 Å². The summed E-state index contributed by atoms with van der Waals surface area (Å²) in [6.07, 6.45) is 3.01. The van der Waals surface area contributed by atoms with Crippen molar-refractivity contribution in [1.29, 1.82) is 0 Å². The number of nitrogens with one attached hydrogen (secondary N) is 2. The predicted octanol–water partition coefficient (Wildman–Crippen LogP) is 4.52. The number of carbonyl (C=O) groups excluding carboxylic acids is 2. The lowest BCUT2D eigenvalue weighted by atomic mass is 9.96. The number of nitrogens with zero attached hydrogens (tertiary/aromatic N) is 2. The van der Waals surface area contributed by atoms with Gasteiger partial charge in [-0.1, -0.05) is 54.2 Å². The number of aromatic nitrogens is 1. The largest absolute Gasteiger partial charge is 0.356 e. The first-order valence-corrected chi connectivity index (χ1v) is 12.5. The van der Waals surface area contributed by atoms with Gasteiger partial charge < -0.3 is 10.6 Å². The fraction of sp³-hybridized carbons (Fsp3) is 0.423. The molecule has 0 bridgehead atoms. The van der Waals surface area contributed by atoms with E-state index in [1.807, 2.05) is 25.1 Å². The number of fused-ring (bicyclic) bond motifs is 1. The van der Waals surface area contributed by atoms with Crippen molar-refractivity contribution in [3.8, 4) is 0 Å². The van der Waals surface area contributed by atoms with Gasteiger partial charge in [0.15, 0.2) is 5.13 Å². The highest BCUT2D eigenvalue weighted by atomic mass is 32.1. The maximum absolute atomic E-state index is 12.5. The molecule has 7 heteroatoms. The summed E-state index contributed by atoms with van der Waals surface area (Å²) in [4.78, 5) is 31.0. The third-order valence-corrected chi connectivity index (χ3v) is 7.14. The molecule has 0 aliphatic carbocycles. The Hall–Kier alpha value is -2.77. The van der Waals surface area contributed by atoms with Crippen molar-refractivity contribution < 1.29 is 9.59 Å². The van der Waals surface area contributed by atoms with Crippen molar-refractivity contribution in [2.45, 2.75) is 46.1 Å². The third kappa shape index (κ3) is 6.62. The first-order chi connectivity index (χ1) is 16.0. The summed E-state index contributed by atoms with van der Waals surface area (Å²) in [6, 6.07) is 14.6. The van der Waals surface area contributed by atoms with Crippen LogP contribution < -0.4 is 10.6 Å². The highest BCUT2D eigenvalue weighted by Gasteiger charge is 2.20. The van der Waals surface area contributed by atoms with Gasteiger partial charge in [0.1, 0.15) is 0 Å². The van der Waals surface area contributed by atoms with Crippen LogP contribution in [0.4, 0.5) is 5.13 Å². The zero-order valence-corrected chi connectivity index (χ0v) is 20.2. The summed E-state index contributed by atoms with van der Waals surface area (Å²) in [5.41, 5.74) is 4.47. The molecule has 0 spiro atoms. The number of carbonyl (C=O) groups is 2. The summed E-state index contributed by atoms with van der Waals surface area (Å²) >= 11 is 1.44. The average Bonchev–Trinajstić information content (AvgIpc) is 3.21. The first-order valence-electron chi connectivity index (χ1n) is 11.7. The Balaban J connectivity index is 1.21. The summed E-state index contributed by atoms with van der Waals surface area (Å²) in [5.74, 6) is 0.548. The van der Waals surface area contributed by atoms with Gasteiger partial charge in [0, 0.05) is 19.5 Å². The molecule has 0 saturated carbocycles. The maximum atomic E-state index is 12.5. The number of hydrogen-bond acceptors (Lipinski definition) is 5. The molecule has 174 valence electrons. The minimum absolute atomic E-state index is 0.0466. The molecule has 0 atom stereocenters. The van der Waals surface area contributed by atoms with E-state index in [2.05, 4.69) is 51.7 Å². The highest BCUT2D eigenvalue weighted by Crippen LogP contribution is 2.27. The first kappa shape index (κ1) is 23.4. The van der Waals surface area contributed by atoms with Crippen molar-refractivity contribution in [2.24, 2.45) is 5.92 Å². The van der Waals surface area contributed by atoms with E-state index in [-0.39, 0.29) is 11.8 Å². The van der Waals surface area contributed by atoms with Gasteiger partial charge in [0.05, 0.1) is 16.6 Å². The second-order valence-electron chi connectivity index (χ2n) is 8.91. The highest BCUT2D eigenvalue weighted by molar-refractivity contribution is 7.22. The summed E-state index contributed by atoms with van der Waals surface area (Å²) in [7, 11) is 0. The standard InChI is InChI=1S/C26H32N4O2S/c1-3-24(31)29-26-28-22-9-8-21(14-23(22)33-26)15-25(32)27-16-19-10-12-30(13-11-19)17-20-6-4-18(2)5-7-20/h4-9,14,19H,3,10-13,15-17H2,1-2H3,(H,27,32)(H,28,29,31). The summed E-state index contributed by atoms with van der Waals surface area (Å²) < 4.78 is 0.979. The van der Waals surface area contributed by atoms with Crippen LogP contribution in [0.2, 0.25) is 0 Å². The van der Waals surface area contributed by atoms with Crippen LogP contribution in [-0.2, 0) is 22.6 Å². The van der Waals surface area contributed by atoms with Crippen LogP contribution in [0.25, 0.3) is 10.2 Å². The van der Waals surface area contributed by atoms with Gasteiger partial charge in [0.2, 0.25) is 11.8 Å². The van der Waals surface area contributed by atoms with Crippen LogP contribution in [0.3, 0.4) is 0 Å². The topological polar surface area (TPSA) is 74.3 Å². The van der Waals surface area contributed by atoms with Crippen LogP contribution in [-0.4, -0.2) is 41.3 Å². The van der Waals surface area contributed by atoms with E-state index in [9.17, 15) is 9.59 Å². The van der Waals surface area contributed by atoms with Crippen LogP contribution in [0.15, 0.2) is 42.5 Å². The van der Waals surface area contributed by atoms with E-state index in [1.165, 1.54) is 22.5 Å². The van der Waals surface area contributed by atoms with Gasteiger partial charge in [-0.25, -0.2) is 4.98 Å². The number of likely N-dealkylation sites (tertiary alicyclic amines) is 1. The van der Waals surface area contributed by atoms with Crippen LogP contribution in [0.1, 0.15) is 42.9 Å². The van der Waals surface area contributed by atoms with E-state index in [0.29, 0.717) is 23.9 Å². The molecule has 2 amide bonds. The molecule has 4 rings (SSSR count). The molecule has 2 heterocycles. The maximum Gasteiger partial charge on any atom is 0.225 e. The molecule has 33 heavy (non-hydrogen) atoms. The quantitative estimate of drug-likeness (QED) is 0.514. The van der Waals surface area contributed by atoms with Crippen molar-refractivity contribution >= 4 is 38.5 Å². The Morgan fingerprint density at radius 1 is 1.06 bits per heavy atom. The molecule has 2 aromatic carbocycles. The molecule has 6 nitrogen and oxygen atoms in total. The van der Waals surface area contributed by atoms with Gasteiger partial charge in [-0.15, -0.1) is 0 Å². The molecule has 3 aromatic rings. The number of thiazole rings is 1. The molecular formula is C26H32N4O2S. The van der Waals surface area contributed by atoms with E-state index < -0.39 is 0 Å². The Morgan fingerprint density at radius 3 is 2.52 bits per heavy atom. The summed E-state index contributed by atoms with van der Waals surface area (Å²) in [5, 5.41) is 6.54. The van der Waals surface area contributed by atoms with E-state index in [1.54, 1.807) is 0 Å². The molecule has 0 unspecified atom stereocenters. The predicted molar refractivity (Wildman–Crippen MR) is 134 cm³/mol. The Kier molecular flexibility index (Phi) is 7.73. The monoisotopic (exact) mass is 464 g/mol. The van der Waals surface area contributed by atoms with Gasteiger partial charge in [-0.3, -0.25) is 14.5 Å². The normalized spacial score (nSPS) is 15.0. The Labute approximate surface area is 199 Å². The lowest BCUT2D eigenvalue weighted by molar-refractivity contribution is -0.120. The molecule has 0 radical (unpaired) electrons. The van der Waals surface area contributed by atoms with Crippen LogP contribution in [0.5, 0.6) is 0 Å². The number of hydrogen-bond donors (Lipinski definition) is 2. The Morgan fingerprint density at radius 2 is 1.79 bits per heavy atom. The molecule has 2 N–H and O–H groups in total. The van der Waals surface area contributed by atoms with Crippen LogP contribution in [0, 0.1) is 12.8 Å².